The number of hydrogen-bond donors (Lipinski definition) is 1. The van der Waals surface area contributed by atoms with E-state index in [-0.39, 0.29) is 17.0 Å². The number of nitrogens with zero attached hydrogens (tertiary/aromatic N) is 2. The molecule has 7 heteroatoms. The van der Waals surface area contributed by atoms with Gasteiger partial charge in [-0.15, -0.1) is 0 Å². The highest BCUT2D eigenvalue weighted by atomic mass is 19.1. The van der Waals surface area contributed by atoms with Gasteiger partial charge < -0.3 is 15.0 Å². The van der Waals surface area contributed by atoms with Gasteiger partial charge in [0.15, 0.2) is 11.6 Å². The number of hydrogen-bond acceptors (Lipinski definition) is 4. The van der Waals surface area contributed by atoms with Gasteiger partial charge in [-0.05, 0) is 31.2 Å². The number of benzene rings is 2. The molecule has 0 bridgehead atoms. The van der Waals surface area contributed by atoms with Crippen LogP contribution in [-0.4, -0.2) is 9.55 Å². The zero-order valence-electron chi connectivity index (χ0n) is 12.4. The second-order valence-corrected chi connectivity index (χ2v) is 5.13. The molecule has 1 heterocycles. The molecule has 0 unspecified atom stereocenters. The molecule has 0 aliphatic carbocycles. The topological polar surface area (TPSA) is 70.1 Å². The summed E-state index contributed by atoms with van der Waals surface area (Å²) in [7, 11) is 1.57. The van der Waals surface area contributed by atoms with Gasteiger partial charge in [-0.25, -0.2) is 13.8 Å². The zero-order chi connectivity index (χ0) is 16.7. The Balaban J connectivity index is 2.19. The lowest BCUT2D eigenvalue weighted by molar-refractivity contribution is 0.407. The van der Waals surface area contributed by atoms with E-state index in [1.54, 1.807) is 20.0 Å². The summed E-state index contributed by atoms with van der Waals surface area (Å²) in [6.45, 7) is 1.63. The van der Waals surface area contributed by atoms with E-state index in [2.05, 4.69) is 4.98 Å². The molecule has 0 radical (unpaired) electrons. The number of aryl methyl sites for hydroxylation is 2. The normalized spacial score (nSPS) is 11.0. The molecule has 0 saturated carbocycles. The van der Waals surface area contributed by atoms with Crippen LogP contribution in [0.2, 0.25) is 0 Å². The summed E-state index contributed by atoms with van der Waals surface area (Å²) in [6, 6.07) is 5.20. The van der Waals surface area contributed by atoms with Gasteiger partial charge in [0.05, 0.1) is 22.9 Å². The highest BCUT2D eigenvalue weighted by molar-refractivity contribution is 5.83. The average Bonchev–Trinajstić information content (AvgIpc) is 2.53. The first-order valence-corrected chi connectivity index (χ1v) is 6.76. The van der Waals surface area contributed by atoms with Gasteiger partial charge in [0.25, 0.3) is 5.56 Å². The minimum atomic E-state index is -0.983. The Kier molecular flexibility index (Phi) is 3.48. The van der Waals surface area contributed by atoms with E-state index >= 15 is 0 Å². The monoisotopic (exact) mass is 317 g/mol. The van der Waals surface area contributed by atoms with Crippen molar-refractivity contribution in [3.8, 4) is 11.5 Å². The fraction of sp³-hybridized carbons (Fsp3) is 0.125. The van der Waals surface area contributed by atoms with Crippen molar-refractivity contribution >= 4 is 16.6 Å². The molecule has 0 aliphatic heterocycles. The summed E-state index contributed by atoms with van der Waals surface area (Å²) >= 11 is 0. The van der Waals surface area contributed by atoms with E-state index in [4.69, 9.17) is 10.5 Å². The van der Waals surface area contributed by atoms with Crippen molar-refractivity contribution in [1.82, 2.24) is 9.55 Å². The number of nitrogen functional groups attached to an aromatic ring is 1. The molecule has 1 aromatic heterocycles. The summed E-state index contributed by atoms with van der Waals surface area (Å²) in [5.41, 5.74) is 5.85. The minimum absolute atomic E-state index is 0.158. The third-order valence-corrected chi connectivity index (χ3v) is 3.59. The predicted molar refractivity (Wildman–Crippen MR) is 82.6 cm³/mol. The van der Waals surface area contributed by atoms with Crippen molar-refractivity contribution in [1.29, 1.82) is 0 Å². The van der Waals surface area contributed by atoms with Crippen LogP contribution >= 0.6 is 0 Å². The molecule has 5 nitrogen and oxygen atoms in total. The fourth-order valence-corrected chi connectivity index (χ4v) is 2.30. The maximum absolute atomic E-state index is 14.0. The van der Waals surface area contributed by atoms with Crippen LogP contribution in [-0.2, 0) is 7.05 Å². The zero-order valence-corrected chi connectivity index (χ0v) is 12.4. The van der Waals surface area contributed by atoms with Crippen molar-refractivity contribution in [2.24, 2.45) is 7.05 Å². The average molecular weight is 317 g/mol. The molecular formula is C16H13F2N3O2. The predicted octanol–water partition coefficient (Wildman–Crippen LogP) is 2.89. The second kappa shape index (κ2) is 5.35. The van der Waals surface area contributed by atoms with Crippen LogP contribution in [0.5, 0.6) is 11.5 Å². The standard InChI is InChI=1S/C16H13F2N3O2/c1-8-12(23-15-9(17)3-4-10(19)14(15)18)6-5-11-13(8)16(22)21(2)7-20-11/h3-7H,19H2,1-2H3. The Morgan fingerprint density at radius 3 is 2.70 bits per heavy atom. The van der Waals surface area contributed by atoms with Crippen LogP contribution in [0.4, 0.5) is 14.5 Å². The van der Waals surface area contributed by atoms with Gasteiger partial charge in [-0.1, -0.05) is 0 Å². The molecule has 3 rings (SSSR count). The van der Waals surface area contributed by atoms with Crippen LogP contribution in [0.15, 0.2) is 35.4 Å². The Morgan fingerprint density at radius 2 is 1.96 bits per heavy atom. The van der Waals surface area contributed by atoms with Gasteiger partial charge in [0, 0.05) is 12.6 Å². The number of fused-ring (bicyclic) bond motifs is 1. The molecule has 0 saturated heterocycles. The second-order valence-electron chi connectivity index (χ2n) is 5.13. The van der Waals surface area contributed by atoms with Crippen LogP contribution in [0.3, 0.4) is 0 Å². The highest BCUT2D eigenvalue weighted by Crippen LogP contribution is 2.33. The fourth-order valence-electron chi connectivity index (χ4n) is 2.30. The van der Waals surface area contributed by atoms with Crippen molar-refractivity contribution in [2.75, 3.05) is 5.73 Å². The molecular weight excluding hydrogens is 304 g/mol. The summed E-state index contributed by atoms with van der Waals surface area (Å²) in [4.78, 5) is 16.4. The SMILES string of the molecule is Cc1c(Oc2c(F)ccc(N)c2F)ccc2ncn(C)c(=O)c12. The molecule has 2 aromatic carbocycles. The molecule has 23 heavy (non-hydrogen) atoms. The summed E-state index contributed by atoms with van der Waals surface area (Å²) in [5.74, 6) is -2.31. The number of ether oxygens (including phenoxy) is 1. The largest absolute Gasteiger partial charge is 0.451 e. The first kappa shape index (κ1) is 15.0. The van der Waals surface area contributed by atoms with E-state index in [9.17, 15) is 13.6 Å². The molecule has 0 atom stereocenters. The number of aromatic nitrogens is 2. The van der Waals surface area contributed by atoms with E-state index in [0.717, 1.165) is 12.1 Å². The van der Waals surface area contributed by atoms with Crippen LogP contribution in [0.25, 0.3) is 10.9 Å². The Bertz CT molecular complexity index is 983. The molecule has 3 aromatic rings. The van der Waals surface area contributed by atoms with Gasteiger partial charge >= 0.3 is 0 Å². The molecule has 0 aliphatic rings. The van der Waals surface area contributed by atoms with Crippen molar-refractivity contribution in [3.63, 3.8) is 0 Å². The van der Waals surface area contributed by atoms with Gasteiger partial charge in [-0.2, -0.15) is 0 Å². The van der Waals surface area contributed by atoms with E-state index in [1.807, 2.05) is 0 Å². The molecule has 0 amide bonds. The van der Waals surface area contributed by atoms with Gasteiger partial charge in [0.1, 0.15) is 5.75 Å². The highest BCUT2D eigenvalue weighted by Gasteiger charge is 2.17. The summed E-state index contributed by atoms with van der Waals surface area (Å²) < 4.78 is 34.4. The molecule has 0 spiro atoms. The third-order valence-electron chi connectivity index (χ3n) is 3.59. The first-order chi connectivity index (χ1) is 10.9. The van der Waals surface area contributed by atoms with Crippen LogP contribution in [0.1, 0.15) is 5.56 Å². The molecule has 0 fully saturated rings. The van der Waals surface area contributed by atoms with Crippen molar-refractivity contribution in [2.45, 2.75) is 6.92 Å². The first-order valence-electron chi connectivity index (χ1n) is 6.76. The maximum Gasteiger partial charge on any atom is 0.261 e. The van der Waals surface area contributed by atoms with E-state index < -0.39 is 17.4 Å². The number of rotatable bonds is 2. The van der Waals surface area contributed by atoms with E-state index in [0.29, 0.717) is 16.5 Å². The van der Waals surface area contributed by atoms with E-state index in [1.165, 1.54) is 17.0 Å². The van der Waals surface area contributed by atoms with Gasteiger partial charge in [0.2, 0.25) is 5.75 Å². The Hall–Kier alpha value is -2.96. The third kappa shape index (κ3) is 2.40. The Labute approximate surface area is 129 Å². The quantitative estimate of drug-likeness (QED) is 0.738. The maximum atomic E-state index is 14.0. The van der Waals surface area contributed by atoms with Crippen LogP contribution in [0, 0.1) is 18.6 Å². The Morgan fingerprint density at radius 1 is 1.22 bits per heavy atom. The number of halogens is 2. The number of nitrogens with two attached hydrogens (primary N) is 1. The smallest absolute Gasteiger partial charge is 0.261 e. The van der Waals surface area contributed by atoms with Gasteiger partial charge in [-0.3, -0.25) is 4.79 Å². The molecule has 2 N–H and O–H groups in total. The van der Waals surface area contributed by atoms with Crippen molar-refractivity contribution < 1.29 is 13.5 Å². The minimum Gasteiger partial charge on any atom is -0.451 e. The summed E-state index contributed by atoms with van der Waals surface area (Å²) in [5, 5.41) is 0.331. The lowest BCUT2D eigenvalue weighted by Gasteiger charge is -2.13. The lowest BCUT2D eigenvalue weighted by atomic mass is 10.1. The van der Waals surface area contributed by atoms with Crippen LogP contribution < -0.4 is 16.0 Å². The summed E-state index contributed by atoms with van der Waals surface area (Å²) in [6.07, 6.45) is 1.40. The van der Waals surface area contributed by atoms with Crippen molar-refractivity contribution in [3.05, 3.63) is 58.1 Å². The lowest BCUT2D eigenvalue weighted by Crippen LogP contribution is -2.18. The molecule has 118 valence electrons. The number of anilines is 1.